The predicted molar refractivity (Wildman–Crippen MR) is 97.4 cm³/mol. The number of fused-ring (bicyclic) bond motifs is 1. The molecule has 4 nitrogen and oxygen atoms in total. The molecular weight excluding hydrogens is 300 g/mol. The molecule has 3 rings (SSSR count). The number of nitrogens with zero attached hydrogens (tertiary/aromatic N) is 1. The van der Waals surface area contributed by atoms with Gasteiger partial charge in [-0.05, 0) is 63.1 Å². The van der Waals surface area contributed by atoms with Gasteiger partial charge >= 0.3 is 6.09 Å². The minimum absolute atomic E-state index is 0.00206. The van der Waals surface area contributed by atoms with E-state index in [1.807, 2.05) is 20.8 Å². The molecule has 132 valence electrons. The van der Waals surface area contributed by atoms with E-state index in [-0.39, 0.29) is 12.1 Å². The molecule has 2 aliphatic rings. The van der Waals surface area contributed by atoms with Crippen LogP contribution < -0.4 is 10.6 Å². The molecule has 0 spiro atoms. The molecule has 1 fully saturated rings. The highest BCUT2D eigenvalue weighted by Gasteiger charge is 2.31. The van der Waals surface area contributed by atoms with Gasteiger partial charge < -0.3 is 10.5 Å². The summed E-state index contributed by atoms with van der Waals surface area (Å²) in [5.41, 5.74) is 9.26. The van der Waals surface area contributed by atoms with E-state index in [2.05, 4.69) is 18.2 Å². The monoisotopic (exact) mass is 330 g/mol. The highest BCUT2D eigenvalue weighted by Crippen LogP contribution is 2.39. The van der Waals surface area contributed by atoms with Crippen LogP contribution in [0.25, 0.3) is 0 Å². The molecule has 0 aromatic heterocycles. The maximum absolute atomic E-state index is 12.5. The van der Waals surface area contributed by atoms with Gasteiger partial charge in [0.2, 0.25) is 0 Å². The van der Waals surface area contributed by atoms with Crippen molar-refractivity contribution in [2.45, 2.75) is 76.9 Å². The summed E-state index contributed by atoms with van der Waals surface area (Å²) in [5, 5.41) is 0. The first kappa shape index (κ1) is 17.3. The highest BCUT2D eigenvalue weighted by atomic mass is 16.6. The molecule has 0 radical (unpaired) electrons. The number of nitrogens with two attached hydrogens (primary N) is 1. The fraction of sp³-hybridized carbons (Fsp3) is 0.650. The predicted octanol–water partition coefficient (Wildman–Crippen LogP) is 4.88. The SMILES string of the molecule is CC(C)(C)OC(=O)N1CCC(N)c2cc(C3CCCCC3)ccc21. The molecule has 1 aromatic carbocycles. The van der Waals surface area contributed by atoms with Crippen molar-refractivity contribution < 1.29 is 9.53 Å². The first-order chi connectivity index (χ1) is 11.3. The zero-order valence-corrected chi connectivity index (χ0v) is 15.2. The highest BCUT2D eigenvalue weighted by molar-refractivity contribution is 5.89. The molecule has 1 saturated carbocycles. The van der Waals surface area contributed by atoms with Gasteiger partial charge in [0.15, 0.2) is 0 Å². The van der Waals surface area contributed by atoms with Gasteiger partial charge in [-0.15, -0.1) is 0 Å². The molecule has 0 bridgehead atoms. The average molecular weight is 330 g/mol. The number of rotatable bonds is 1. The van der Waals surface area contributed by atoms with E-state index in [4.69, 9.17) is 10.5 Å². The van der Waals surface area contributed by atoms with Crippen LogP contribution in [0, 0.1) is 0 Å². The molecule has 1 unspecified atom stereocenters. The van der Waals surface area contributed by atoms with Crippen LogP contribution in [-0.2, 0) is 4.74 Å². The van der Waals surface area contributed by atoms with Crippen molar-refractivity contribution in [1.29, 1.82) is 0 Å². The molecule has 1 amide bonds. The second-order valence-electron chi connectivity index (χ2n) is 8.18. The third kappa shape index (κ3) is 3.75. The van der Waals surface area contributed by atoms with Crippen molar-refractivity contribution >= 4 is 11.8 Å². The van der Waals surface area contributed by atoms with Crippen LogP contribution in [-0.4, -0.2) is 18.2 Å². The van der Waals surface area contributed by atoms with Crippen molar-refractivity contribution in [3.05, 3.63) is 29.3 Å². The fourth-order valence-corrected chi connectivity index (χ4v) is 3.86. The standard InChI is InChI=1S/C20H30N2O2/c1-20(2,3)24-19(23)22-12-11-17(21)16-13-15(9-10-18(16)22)14-7-5-4-6-8-14/h9-10,13-14,17H,4-8,11-12,21H2,1-3H3. The summed E-state index contributed by atoms with van der Waals surface area (Å²) in [6.07, 6.45) is 7.03. The number of hydrogen-bond donors (Lipinski definition) is 1. The lowest BCUT2D eigenvalue weighted by Crippen LogP contribution is -2.41. The van der Waals surface area contributed by atoms with Crippen LogP contribution in [0.15, 0.2) is 18.2 Å². The van der Waals surface area contributed by atoms with Crippen molar-refractivity contribution in [2.24, 2.45) is 5.73 Å². The lowest BCUT2D eigenvalue weighted by atomic mass is 9.82. The van der Waals surface area contributed by atoms with Gasteiger partial charge in [0.1, 0.15) is 5.60 Å². The van der Waals surface area contributed by atoms with Gasteiger partial charge in [-0.25, -0.2) is 4.79 Å². The van der Waals surface area contributed by atoms with Gasteiger partial charge in [0, 0.05) is 12.6 Å². The minimum atomic E-state index is -0.487. The molecule has 2 N–H and O–H groups in total. The van der Waals surface area contributed by atoms with E-state index in [1.54, 1.807) is 4.90 Å². The number of benzene rings is 1. The van der Waals surface area contributed by atoms with Gasteiger partial charge in [0.05, 0.1) is 5.69 Å². The Morgan fingerprint density at radius 2 is 1.88 bits per heavy atom. The minimum Gasteiger partial charge on any atom is -0.443 e. The van der Waals surface area contributed by atoms with Crippen LogP contribution >= 0.6 is 0 Å². The molecule has 1 aromatic rings. The number of carbonyl (C=O) groups is 1. The van der Waals surface area contributed by atoms with E-state index in [0.29, 0.717) is 12.5 Å². The number of anilines is 1. The number of amides is 1. The summed E-state index contributed by atoms with van der Waals surface area (Å²) < 4.78 is 5.56. The van der Waals surface area contributed by atoms with Gasteiger partial charge in [0.25, 0.3) is 0 Å². The van der Waals surface area contributed by atoms with Gasteiger partial charge in [-0.2, -0.15) is 0 Å². The molecular formula is C20H30N2O2. The van der Waals surface area contributed by atoms with Crippen molar-refractivity contribution in [2.75, 3.05) is 11.4 Å². The Bertz CT molecular complexity index is 600. The summed E-state index contributed by atoms with van der Waals surface area (Å²) in [5.74, 6) is 0.646. The summed E-state index contributed by atoms with van der Waals surface area (Å²) in [6, 6.07) is 6.50. The summed E-state index contributed by atoms with van der Waals surface area (Å²) in [4.78, 5) is 14.3. The number of carbonyl (C=O) groups excluding carboxylic acids is 1. The maximum atomic E-state index is 12.5. The van der Waals surface area contributed by atoms with Crippen molar-refractivity contribution in [3.8, 4) is 0 Å². The zero-order chi connectivity index (χ0) is 17.3. The van der Waals surface area contributed by atoms with Crippen LogP contribution in [0.5, 0.6) is 0 Å². The normalized spacial score (nSPS) is 22.2. The topological polar surface area (TPSA) is 55.6 Å². The van der Waals surface area contributed by atoms with Crippen LogP contribution in [0.4, 0.5) is 10.5 Å². The Labute approximate surface area is 145 Å². The molecule has 0 saturated heterocycles. The smallest absolute Gasteiger partial charge is 0.414 e. The van der Waals surface area contributed by atoms with E-state index >= 15 is 0 Å². The van der Waals surface area contributed by atoms with E-state index in [1.165, 1.54) is 37.7 Å². The van der Waals surface area contributed by atoms with Gasteiger partial charge in [-0.3, -0.25) is 4.90 Å². The molecule has 24 heavy (non-hydrogen) atoms. The zero-order valence-electron chi connectivity index (χ0n) is 15.2. The van der Waals surface area contributed by atoms with Crippen LogP contribution in [0.2, 0.25) is 0 Å². The Kier molecular flexibility index (Phi) is 4.86. The summed E-state index contributed by atoms with van der Waals surface area (Å²) in [7, 11) is 0. The summed E-state index contributed by atoms with van der Waals surface area (Å²) in [6.45, 7) is 6.31. The second-order valence-corrected chi connectivity index (χ2v) is 8.18. The van der Waals surface area contributed by atoms with Crippen LogP contribution in [0.1, 0.15) is 82.4 Å². The lowest BCUT2D eigenvalue weighted by Gasteiger charge is -2.35. The third-order valence-electron chi connectivity index (χ3n) is 5.10. The van der Waals surface area contributed by atoms with Crippen molar-refractivity contribution in [1.82, 2.24) is 0 Å². The Hall–Kier alpha value is -1.55. The number of ether oxygens (including phenoxy) is 1. The van der Waals surface area contributed by atoms with Crippen molar-refractivity contribution in [3.63, 3.8) is 0 Å². The molecule has 1 atom stereocenters. The third-order valence-corrected chi connectivity index (χ3v) is 5.10. The maximum Gasteiger partial charge on any atom is 0.414 e. The quantitative estimate of drug-likeness (QED) is 0.798. The average Bonchev–Trinajstić information content (AvgIpc) is 2.54. The molecule has 1 heterocycles. The molecule has 1 aliphatic carbocycles. The summed E-state index contributed by atoms with van der Waals surface area (Å²) >= 11 is 0. The van der Waals surface area contributed by atoms with Gasteiger partial charge in [-0.1, -0.05) is 31.4 Å². The first-order valence-corrected chi connectivity index (χ1v) is 9.25. The first-order valence-electron chi connectivity index (χ1n) is 9.25. The van der Waals surface area contributed by atoms with E-state index in [0.717, 1.165) is 17.7 Å². The second kappa shape index (κ2) is 6.75. The molecule has 4 heteroatoms. The Morgan fingerprint density at radius 1 is 1.17 bits per heavy atom. The Morgan fingerprint density at radius 3 is 2.54 bits per heavy atom. The van der Waals surface area contributed by atoms with Crippen LogP contribution in [0.3, 0.4) is 0 Å². The largest absolute Gasteiger partial charge is 0.443 e. The van der Waals surface area contributed by atoms with E-state index < -0.39 is 5.60 Å². The number of hydrogen-bond acceptors (Lipinski definition) is 3. The molecule has 1 aliphatic heterocycles. The Balaban J connectivity index is 1.86. The fourth-order valence-electron chi connectivity index (χ4n) is 3.86. The van der Waals surface area contributed by atoms with E-state index in [9.17, 15) is 4.79 Å². The lowest BCUT2D eigenvalue weighted by molar-refractivity contribution is 0.0576.